The number of fused-ring (bicyclic) bond motifs is 6. The zero-order chi connectivity index (χ0) is 83.2. The van der Waals surface area contributed by atoms with Crippen molar-refractivity contribution >= 4 is 125 Å². The topological polar surface area (TPSA) is 371 Å². The van der Waals surface area contributed by atoms with E-state index in [1.54, 1.807) is 182 Å². The van der Waals surface area contributed by atoms with Gasteiger partial charge < -0.3 is 45.9 Å². The van der Waals surface area contributed by atoms with Crippen molar-refractivity contribution < 1.29 is 23.6 Å². The second-order valence-corrected chi connectivity index (χ2v) is 28.7. The van der Waals surface area contributed by atoms with Gasteiger partial charge in [0.2, 0.25) is 0 Å². The van der Waals surface area contributed by atoms with Gasteiger partial charge in [0.15, 0.2) is 23.2 Å². The van der Waals surface area contributed by atoms with E-state index < -0.39 is 18.1 Å². The second-order valence-electron chi connectivity index (χ2n) is 27.2. The van der Waals surface area contributed by atoms with Crippen molar-refractivity contribution in [1.82, 2.24) is 87.9 Å². The number of carbonyl (C=O) groups is 2. The Balaban J connectivity index is 0.000000135. The van der Waals surface area contributed by atoms with Crippen molar-refractivity contribution in [2.75, 3.05) is 62.5 Å². The Bertz CT molecular complexity index is 6580. The first kappa shape index (κ1) is 80.8. The van der Waals surface area contributed by atoms with Crippen LogP contribution in [0.25, 0.3) is 60.8 Å². The lowest BCUT2D eigenvalue weighted by molar-refractivity contribution is -0.668. The van der Waals surface area contributed by atoms with Crippen LogP contribution in [-0.2, 0) is 20.1 Å². The number of pyridine rings is 3. The van der Waals surface area contributed by atoms with E-state index in [0.29, 0.717) is 154 Å². The van der Waals surface area contributed by atoms with Gasteiger partial charge in [-0.1, -0.05) is 93.9 Å². The summed E-state index contributed by atoms with van der Waals surface area (Å²) >= 11 is 25.0. The van der Waals surface area contributed by atoms with Gasteiger partial charge in [-0.25, -0.2) is 53.8 Å². The van der Waals surface area contributed by atoms with Crippen molar-refractivity contribution in [3.05, 3.63) is 303 Å². The summed E-state index contributed by atoms with van der Waals surface area (Å²) in [5.74, 6) is 4.08. The number of amides is 2. The number of anilines is 4. The van der Waals surface area contributed by atoms with Gasteiger partial charge in [0, 0.05) is 39.2 Å². The van der Waals surface area contributed by atoms with Crippen molar-refractivity contribution in [3.63, 3.8) is 0 Å². The number of methoxy groups -OCH3 is 2. The summed E-state index contributed by atoms with van der Waals surface area (Å²) in [7, 11) is 8.36. The molecule has 12 heterocycles. The molecule has 0 spiro atoms. The number of carbonyl (C=O) groups excluding carboxylic acids is 2. The van der Waals surface area contributed by atoms with E-state index in [-0.39, 0.29) is 39.2 Å². The number of nitrogens with two attached hydrogens (primary N) is 1. The van der Waals surface area contributed by atoms with Crippen LogP contribution in [0.2, 0.25) is 20.2 Å². The van der Waals surface area contributed by atoms with E-state index in [1.165, 1.54) is 42.2 Å². The van der Waals surface area contributed by atoms with Crippen LogP contribution in [0.5, 0.6) is 11.5 Å². The highest BCUT2D eigenvalue weighted by molar-refractivity contribution is 6.36. The second kappa shape index (κ2) is 35.1. The molecule has 0 radical (unpaired) electrons. The maximum Gasteiger partial charge on any atom is 0.323 e. The minimum atomic E-state index is -0.560. The van der Waals surface area contributed by atoms with Crippen LogP contribution in [0, 0.1) is 0 Å². The van der Waals surface area contributed by atoms with E-state index in [0.717, 1.165) is 22.6 Å². The summed E-state index contributed by atoms with van der Waals surface area (Å²) in [5, 5.41) is 12.2. The third-order valence-electron chi connectivity index (χ3n) is 19.1. The maximum absolute atomic E-state index is 13.8. The Morgan fingerprint density at radius 1 is 0.500 bits per heavy atom. The average Bonchev–Trinajstić information content (AvgIpc) is 0.768. The molecule has 5 aromatic carbocycles. The van der Waals surface area contributed by atoms with Gasteiger partial charge in [0.05, 0.1) is 143 Å². The Morgan fingerprint density at radius 3 is 1.42 bits per heavy atom. The van der Waals surface area contributed by atoms with Crippen molar-refractivity contribution in [3.8, 4) is 28.6 Å². The SMILES string of the molecule is COc1ccc(CN2CN(C)C(=O)c3c(N[C@@H](C)c4nc5cccc(Cl)c5c(=O)n4-c4cccnc4)ncnc32)cc1.COc1ccc(C[n+]2cn(C)c(=O)c3c(Cl)ncnc32)cc1.C[C@H](N)c1nc2cccc(Cl)c2c(=O)n1-c1cccnc1.C[C@H](Nc1ncnc2c1C(=O)N(C)CN2)c1nc2cccc(Cl)c2c(=O)n1-c1cccnc1. The number of rotatable bonds is 16. The molecule has 32 nitrogen and oxygen atoms in total. The van der Waals surface area contributed by atoms with E-state index in [1.807, 2.05) is 71.8 Å². The number of nitrogens with one attached hydrogen (secondary N) is 3. The number of benzene rings is 5. The Hall–Kier alpha value is -13.8. The summed E-state index contributed by atoms with van der Waals surface area (Å²) < 4.78 is 18.2. The number of ether oxygens (including phenoxy) is 2. The third kappa shape index (κ3) is 16.6. The molecular weight excluding hydrogens is 1590 g/mol. The Morgan fingerprint density at radius 2 is 0.949 bits per heavy atom. The molecule has 0 aliphatic carbocycles. The van der Waals surface area contributed by atoms with Crippen LogP contribution < -0.4 is 62.9 Å². The molecule has 0 saturated heterocycles. The molecule has 0 saturated carbocycles. The van der Waals surface area contributed by atoms with Gasteiger partial charge >= 0.3 is 5.56 Å². The predicted octanol–water partition coefficient (Wildman–Crippen LogP) is 11.1. The first-order valence-electron chi connectivity index (χ1n) is 36.5. The van der Waals surface area contributed by atoms with E-state index in [2.05, 4.69) is 65.8 Å². The van der Waals surface area contributed by atoms with Crippen LogP contribution in [0.1, 0.15) is 88.2 Å². The fraction of sp³-hybridized carbons (Fsp3) is 0.183. The molecule has 5 N–H and O–H groups in total. The number of aromatic nitrogens is 17. The number of hydrogen-bond donors (Lipinski definition) is 4. The predicted molar refractivity (Wildman–Crippen MR) is 450 cm³/mol. The van der Waals surface area contributed by atoms with Crippen LogP contribution >= 0.6 is 46.4 Å². The Labute approximate surface area is 691 Å². The van der Waals surface area contributed by atoms with Gasteiger partial charge in [0.25, 0.3) is 34.1 Å². The fourth-order valence-corrected chi connectivity index (χ4v) is 14.4. The Kier molecular flexibility index (Phi) is 24.1. The monoisotopic (exact) mass is 1660 g/mol. The zero-order valence-electron chi connectivity index (χ0n) is 64.4. The number of hydrogen-bond acceptors (Lipinski definition) is 25. The normalized spacial score (nSPS) is 13.0. The summed E-state index contributed by atoms with van der Waals surface area (Å²) in [6.45, 7) is 7.26. The molecule has 0 bridgehead atoms. The van der Waals surface area contributed by atoms with Gasteiger partial charge in [-0.3, -0.25) is 52.6 Å². The lowest BCUT2D eigenvalue weighted by Gasteiger charge is -2.36. The summed E-state index contributed by atoms with van der Waals surface area (Å²) in [4.78, 5) is 136. The molecule has 2 aliphatic heterocycles. The summed E-state index contributed by atoms with van der Waals surface area (Å²) in [6.07, 6.45) is 15.5. The number of halogens is 4. The van der Waals surface area contributed by atoms with Gasteiger partial charge in [-0.15, -0.1) is 0 Å². The molecule has 36 heteroatoms. The van der Waals surface area contributed by atoms with Crippen LogP contribution in [0.15, 0.2) is 221 Å². The smallest absolute Gasteiger partial charge is 0.323 e. The van der Waals surface area contributed by atoms with E-state index in [9.17, 15) is 28.8 Å². The van der Waals surface area contributed by atoms with Crippen molar-refractivity contribution in [2.45, 2.75) is 52.0 Å². The molecule has 15 aromatic rings. The van der Waals surface area contributed by atoms with Crippen LogP contribution in [0.4, 0.5) is 23.3 Å². The van der Waals surface area contributed by atoms with Gasteiger partial charge in [-0.05, 0) is 129 Å². The molecule has 0 unspecified atom stereocenters. The first-order valence-corrected chi connectivity index (χ1v) is 38.0. The largest absolute Gasteiger partial charge is 0.497 e. The molecule has 118 heavy (non-hydrogen) atoms. The van der Waals surface area contributed by atoms with Gasteiger partial charge in [0.1, 0.15) is 76.0 Å². The van der Waals surface area contributed by atoms with Crippen molar-refractivity contribution in [2.24, 2.45) is 12.8 Å². The standard InChI is InChI=1S/C30H27ClN8O3.C22H19ClN8O2.C15H14ClN4O2.C15H13ClN4O/c1-18(27-36-23-8-4-7-22(31)24(23)30(41)39(27)20-6-5-13-32-14-20)35-26-25-28(34-16-33-26)38(17-37(2)29(25)40)15-19-9-11-21(42-3)12-10-19;1-12(28-19-17-18(25-10-26-19)27-11-30(2)21(17)32)20-29-15-7-3-6-14(23)16(15)22(33)31(20)13-5-4-8-24-9-13;1-19-9-20(7-10-3-5-11(22-2)6-4-10)14-12(15(19)21)13(16)17-8-18-14;1-9(17)14-19-12-6-2-5-11(16)13(12)15(21)20(14)10-4-3-7-18-8-10/h4-14,16,18H,15,17H2,1-3H3,(H,33,34,35);3-10,12H,11H2,1-2H3,(H2,25,26,27,28);3-6,8-9H,7H2,1-2H3;2-9H,17H2,1H3/q;;+1;/t18-;12-;;9-/m00.0/s1. The molecule has 10 aromatic heterocycles. The highest BCUT2D eigenvalue weighted by Gasteiger charge is 2.34. The van der Waals surface area contributed by atoms with Crippen molar-refractivity contribution in [1.29, 1.82) is 0 Å². The molecule has 0 fully saturated rings. The first-order chi connectivity index (χ1) is 57.0. The molecular formula is C82H73Cl4N24O8+. The van der Waals surface area contributed by atoms with Gasteiger partial charge in [-0.2, -0.15) is 0 Å². The highest BCUT2D eigenvalue weighted by atomic mass is 35.5. The van der Waals surface area contributed by atoms with Crippen LogP contribution in [-0.4, -0.2) is 141 Å². The third-order valence-corrected chi connectivity index (χ3v) is 20.4. The number of nitrogens with zero attached hydrogens (tertiary/aromatic N) is 20. The fourth-order valence-electron chi connectivity index (χ4n) is 13.4. The minimum Gasteiger partial charge on any atom is -0.497 e. The lowest BCUT2D eigenvalue weighted by Crippen LogP contribution is -2.45. The molecule has 3 atom stereocenters. The lowest BCUT2D eigenvalue weighted by atomic mass is 10.1. The summed E-state index contributed by atoms with van der Waals surface area (Å²) in [6, 6.07) is 40.0. The maximum atomic E-state index is 13.8. The molecule has 596 valence electrons. The van der Waals surface area contributed by atoms with E-state index in [4.69, 9.17) is 71.6 Å². The van der Waals surface area contributed by atoms with E-state index >= 15 is 0 Å². The van der Waals surface area contributed by atoms with Crippen LogP contribution in [0.3, 0.4) is 0 Å². The molecule has 2 amide bonds. The summed E-state index contributed by atoms with van der Waals surface area (Å²) in [5.41, 5.74) is 11.3. The minimum absolute atomic E-state index is 0.162. The highest BCUT2D eigenvalue weighted by Crippen LogP contribution is 2.35. The number of aryl methyl sites for hydroxylation is 1. The zero-order valence-corrected chi connectivity index (χ0v) is 67.4. The molecule has 17 rings (SSSR count). The quantitative estimate of drug-likeness (QED) is 0.0515. The average molecular weight is 1660 g/mol. The molecule has 2 aliphatic rings.